The van der Waals surface area contributed by atoms with Gasteiger partial charge >= 0.3 is 0 Å². The lowest BCUT2D eigenvalue weighted by Crippen LogP contribution is -2.37. The van der Waals surface area contributed by atoms with Gasteiger partial charge in [-0.2, -0.15) is 0 Å². The van der Waals surface area contributed by atoms with Crippen LogP contribution in [0.4, 0.5) is 0 Å². The smallest absolute Gasteiger partial charge is 0.0299 e. The van der Waals surface area contributed by atoms with Gasteiger partial charge in [0.2, 0.25) is 0 Å². The van der Waals surface area contributed by atoms with Crippen molar-refractivity contribution in [2.75, 3.05) is 13.1 Å². The second-order valence-electron chi connectivity index (χ2n) is 5.59. The molecule has 0 saturated heterocycles. The average Bonchev–Trinajstić information content (AvgIpc) is 2.53. The molecular formula is C19H25N. The maximum absolute atomic E-state index is 3.62. The van der Waals surface area contributed by atoms with Gasteiger partial charge in [0.1, 0.15) is 0 Å². The molecule has 0 saturated carbocycles. The van der Waals surface area contributed by atoms with E-state index in [-0.39, 0.29) is 5.41 Å². The van der Waals surface area contributed by atoms with E-state index in [1.54, 1.807) is 0 Å². The molecule has 0 aliphatic rings. The summed E-state index contributed by atoms with van der Waals surface area (Å²) < 4.78 is 0. The number of unbranched alkanes of at least 4 members (excludes halogenated alkanes) is 1. The molecule has 2 aromatic rings. The highest BCUT2D eigenvalue weighted by Crippen LogP contribution is 2.31. The van der Waals surface area contributed by atoms with Crippen molar-refractivity contribution in [2.45, 2.75) is 32.1 Å². The first-order valence-corrected chi connectivity index (χ1v) is 7.59. The summed E-state index contributed by atoms with van der Waals surface area (Å²) in [6.07, 6.45) is 2.47. The molecule has 0 radical (unpaired) electrons. The number of benzene rings is 2. The molecule has 0 unspecified atom stereocenters. The Morgan fingerprint density at radius 2 is 1.35 bits per heavy atom. The molecular weight excluding hydrogens is 242 g/mol. The topological polar surface area (TPSA) is 12.0 Å². The molecule has 1 nitrogen and oxygen atoms in total. The minimum atomic E-state index is 0.0241. The summed E-state index contributed by atoms with van der Waals surface area (Å²) in [5.74, 6) is 0. The Bertz CT molecular complexity index is 450. The van der Waals surface area contributed by atoms with Crippen molar-refractivity contribution in [1.29, 1.82) is 0 Å². The minimum Gasteiger partial charge on any atom is -0.316 e. The first kappa shape index (κ1) is 14.8. The summed E-state index contributed by atoms with van der Waals surface area (Å²) in [7, 11) is 0. The van der Waals surface area contributed by atoms with Crippen LogP contribution < -0.4 is 5.32 Å². The van der Waals surface area contributed by atoms with Crippen molar-refractivity contribution in [3.63, 3.8) is 0 Å². The van der Waals surface area contributed by atoms with E-state index < -0.39 is 0 Å². The monoisotopic (exact) mass is 267 g/mol. The van der Waals surface area contributed by atoms with Crippen LogP contribution in [0.25, 0.3) is 0 Å². The largest absolute Gasteiger partial charge is 0.316 e. The fraction of sp³-hybridized carbons (Fsp3) is 0.368. The Morgan fingerprint density at radius 1 is 0.850 bits per heavy atom. The number of rotatable bonds is 7. The van der Waals surface area contributed by atoms with Crippen LogP contribution in [0.1, 0.15) is 37.8 Å². The SMILES string of the molecule is CCCCNCC(C)(c1ccccc1)c1ccccc1. The van der Waals surface area contributed by atoms with Gasteiger partial charge in [0, 0.05) is 12.0 Å². The number of nitrogens with one attached hydrogen (secondary N) is 1. The highest BCUT2D eigenvalue weighted by atomic mass is 14.9. The van der Waals surface area contributed by atoms with Crippen molar-refractivity contribution in [3.8, 4) is 0 Å². The third-order valence-electron chi connectivity index (χ3n) is 4.01. The van der Waals surface area contributed by atoms with Gasteiger partial charge in [-0.1, -0.05) is 80.9 Å². The van der Waals surface area contributed by atoms with E-state index in [1.807, 2.05) is 0 Å². The van der Waals surface area contributed by atoms with Crippen LogP contribution in [0, 0.1) is 0 Å². The van der Waals surface area contributed by atoms with Gasteiger partial charge in [-0.05, 0) is 24.1 Å². The van der Waals surface area contributed by atoms with Crippen molar-refractivity contribution in [2.24, 2.45) is 0 Å². The van der Waals surface area contributed by atoms with Crippen molar-refractivity contribution in [3.05, 3.63) is 71.8 Å². The molecule has 20 heavy (non-hydrogen) atoms. The third-order valence-corrected chi connectivity index (χ3v) is 4.01. The standard InChI is InChI=1S/C19H25N/c1-3-4-15-20-16-19(2,17-11-7-5-8-12-17)18-13-9-6-10-14-18/h5-14,20H,3-4,15-16H2,1-2H3. The molecule has 0 heterocycles. The van der Waals surface area contributed by atoms with Gasteiger partial charge < -0.3 is 5.32 Å². The Hall–Kier alpha value is -1.60. The van der Waals surface area contributed by atoms with E-state index in [1.165, 1.54) is 24.0 Å². The van der Waals surface area contributed by atoms with E-state index in [4.69, 9.17) is 0 Å². The van der Waals surface area contributed by atoms with Crippen molar-refractivity contribution >= 4 is 0 Å². The first-order chi connectivity index (χ1) is 9.77. The lowest BCUT2D eigenvalue weighted by Gasteiger charge is -2.31. The molecule has 0 amide bonds. The highest BCUT2D eigenvalue weighted by Gasteiger charge is 2.27. The summed E-state index contributed by atoms with van der Waals surface area (Å²) >= 11 is 0. The second-order valence-corrected chi connectivity index (χ2v) is 5.59. The van der Waals surface area contributed by atoms with E-state index in [9.17, 15) is 0 Å². The molecule has 0 atom stereocenters. The summed E-state index contributed by atoms with van der Waals surface area (Å²) in [5, 5.41) is 3.62. The maximum Gasteiger partial charge on any atom is 0.0299 e. The van der Waals surface area contributed by atoms with Gasteiger partial charge in [0.25, 0.3) is 0 Å². The van der Waals surface area contributed by atoms with Gasteiger partial charge in [0.05, 0.1) is 0 Å². The molecule has 0 aliphatic carbocycles. The lowest BCUT2D eigenvalue weighted by atomic mass is 9.76. The Kier molecular flexibility index (Phi) is 5.37. The number of hydrogen-bond acceptors (Lipinski definition) is 1. The van der Waals surface area contributed by atoms with Gasteiger partial charge in [-0.25, -0.2) is 0 Å². The maximum atomic E-state index is 3.62. The molecule has 0 bridgehead atoms. The van der Waals surface area contributed by atoms with Crippen LogP contribution in [0.5, 0.6) is 0 Å². The summed E-state index contributed by atoms with van der Waals surface area (Å²) in [6, 6.07) is 21.6. The van der Waals surface area contributed by atoms with Crippen LogP contribution >= 0.6 is 0 Å². The average molecular weight is 267 g/mol. The molecule has 0 aromatic heterocycles. The van der Waals surface area contributed by atoms with Crippen LogP contribution in [0.2, 0.25) is 0 Å². The quantitative estimate of drug-likeness (QED) is 0.734. The summed E-state index contributed by atoms with van der Waals surface area (Å²) in [6.45, 7) is 6.62. The molecule has 2 aromatic carbocycles. The second kappa shape index (κ2) is 7.25. The predicted octanol–water partition coefficient (Wildman–Crippen LogP) is 4.38. The molecule has 1 heteroatoms. The van der Waals surface area contributed by atoms with E-state index in [0.717, 1.165) is 13.1 Å². The van der Waals surface area contributed by atoms with E-state index in [2.05, 4.69) is 79.8 Å². The molecule has 106 valence electrons. The van der Waals surface area contributed by atoms with Crippen molar-refractivity contribution < 1.29 is 0 Å². The minimum absolute atomic E-state index is 0.0241. The molecule has 0 fully saturated rings. The van der Waals surface area contributed by atoms with Gasteiger partial charge in [-0.15, -0.1) is 0 Å². The van der Waals surface area contributed by atoms with Crippen LogP contribution in [-0.2, 0) is 5.41 Å². The zero-order valence-electron chi connectivity index (χ0n) is 12.6. The normalized spacial score (nSPS) is 11.5. The molecule has 0 aliphatic heterocycles. The highest BCUT2D eigenvalue weighted by molar-refractivity contribution is 5.38. The van der Waals surface area contributed by atoms with Crippen LogP contribution in [-0.4, -0.2) is 13.1 Å². The third kappa shape index (κ3) is 3.49. The first-order valence-electron chi connectivity index (χ1n) is 7.59. The number of hydrogen-bond donors (Lipinski definition) is 1. The summed E-state index contributed by atoms with van der Waals surface area (Å²) in [4.78, 5) is 0. The van der Waals surface area contributed by atoms with Crippen molar-refractivity contribution in [1.82, 2.24) is 5.32 Å². The van der Waals surface area contributed by atoms with Gasteiger partial charge in [0.15, 0.2) is 0 Å². The Labute approximate surface area is 123 Å². The van der Waals surface area contributed by atoms with Gasteiger partial charge in [-0.3, -0.25) is 0 Å². The molecule has 2 rings (SSSR count). The Morgan fingerprint density at radius 3 is 1.80 bits per heavy atom. The van der Waals surface area contributed by atoms with Crippen LogP contribution in [0.15, 0.2) is 60.7 Å². The van der Waals surface area contributed by atoms with E-state index in [0.29, 0.717) is 0 Å². The van der Waals surface area contributed by atoms with Crippen LogP contribution in [0.3, 0.4) is 0 Å². The Balaban J connectivity index is 2.24. The zero-order valence-corrected chi connectivity index (χ0v) is 12.6. The zero-order chi connectivity index (χ0) is 14.3. The van der Waals surface area contributed by atoms with E-state index >= 15 is 0 Å². The molecule has 1 N–H and O–H groups in total. The predicted molar refractivity (Wildman–Crippen MR) is 87.1 cm³/mol. The fourth-order valence-corrected chi connectivity index (χ4v) is 2.62. The molecule has 0 spiro atoms. The summed E-state index contributed by atoms with van der Waals surface area (Å²) in [5.41, 5.74) is 2.77. The lowest BCUT2D eigenvalue weighted by molar-refractivity contribution is 0.496. The fourth-order valence-electron chi connectivity index (χ4n) is 2.62.